The van der Waals surface area contributed by atoms with E-state index in [1.54, 1.807) is 31.2 Å². The fourth-order valence-electron chi connectivity index (χ4n) is 4.64. The lowest BCUT2D eigenvalue weighted by Crippen LogP contribution is -2.16. The van der Waals surface area contributed by atoms with Crippen molar-refractivity contribution in [3.05, 3.63) is 71.2 Å². The Morgan fingerprint density at radius 1 is 1.13 bits per heavy atom. The predicted octanol–water partition coefficient (Wildman–Crippen LogP) is 5.19. The summed E-state index contributed by atoms with van der Waals surface area (Å²) in [4.78, 5) is 18.2. The Balaban J connectivity index is 1.64. The van der Waals surface area contributed by atoms with E-state index < -0.39 is 39.3 Å². The summed E-state index contributed by atoms with van der Waals surface area (Å²) in [6.07, 6.45) is -4.63. The molecule has 1 atom stereocenters. The number of amides is 1. The number of nitrogens with zero attached hydrogens (tertiary/aromatic N) is 3. The standard InChI is InChI=1S/C26H22F4N4O4S/c1-14-23-19(25(35)31-16-5-8-21(27)20(11-16)26(28,29)30)12-22(15-3-6-18(38-2)7-4-15)32-24(23)34(33-14)17-9-10-39(36,37)13-17/h3-8,11-12,17H,9-10,13H2,1-2H3,(H,31,35). The second-order valence-electron chi connectivity index (χ2n) is 9.22. The smallest absolute Gasteiger partial charge is 0.419 e. The maximum atomic E-state index is 13.8. The molecule has 0 bridgehead atoms. The number of ether oxygens (including phenoxy) is 1. The number of nitrogens with one attached hydrogen (secondary N) is 1. The van der Waals surface area contributed by atoms with Crippen LogP contribution in [0.15, 0.2) is 48.5 Å². The number of benzene rings is 2. The van der Waals surface area contributed by atoms with Gasteiger partial charge < -0.3 is 10.1 Å². The van der Waals surface area contributed by atoms with Gasteiger partial charge in [0.05, 0.1) is 52.6 Å². The lowest BCUT2D eigenvalue weighted by atomic mass is 10.0. The fourth-order valence-corrected chi connectivity index (χ4v) is 6.34. The van der Waals surface area contributed by atoms with Crippen molar-refractivity contribution in [2.45, 2.75) is 25.6 Å². The van der Waals surface area contributed by atoms with Crippen LogP contribution in [0.2, 0.25) is 0 Å². The third-order valence-corrected chi connectivity index (χ3v) is 8.30. The van der Waals surface area contributed by atoms with Crippen LogP contribution < -0.4 is 10.1 Å². The molecule has 1 unspecified atom stereocenters. The van der Waals surface area contributed by atoms with E-state index in [2.05, 4.69) is 10.4 Å². The lowest BCUT2D eigenvalue weighted by Gasteiger charge is -2.13. The Morgan fingerprint density at radius 2 is 1.85 bits per heavy atom. The third-order valence-electron chi connectivity index (χ3n) is 6.55. The summed E-state index contributed by atoms with van der Waals surface area (Å²) in [6.45, 7) is 1.63. The summed E-state index contributed by atoms with van der Waals surface area (Å²) in [6, 6.07) is 10.0. The van der Waals surface area contributed by atoms with Crippen molar-refractivity contribution in [3.63, 3.8) is 0 Å². The number of aromatic nitrogens is 3. The minimum absolute atomic E-state index is 0.00428. The van der Waals surface area contributed by atoms with Crippen molar-refractivity contribution >= 4 is 32.5 Å². The molecule has 1 N–H and O–H groups in total. The van der Waals surface area contributed by atoms with E-state index in [-0.39, 0.29) is 28.4 Å². The molecule has 1 fully saturated rings. The molecule has 2 aromatic carbocycles. The van der Waals surface area contributed by atoms with Gasteiger partial charge in [0, 0.05) is 11.3 Å². The first-order valence-corrected chi connectivity index (χ1v) is 13.6. The molecule has 4 aromatic rings. The van der Waals surface area contributed by atoms with Crippen LogP contribution in [0.1, 0.15) is 34.1 Å². The number of hydrogen-bond donors (Lipinski definition) is 1. The number of sulfone groups is 1. The number of rotatable bonds is 5. The molecule has 3 heterocycles. The molecule has 0 saturated carbocycles. The zero-order valence-electron chi connectivity index (χ0n) is 20.7. The largest absolute Gasteiger partial charge is 0.497 e. The van der Waals surface area contributed by atoms with E-state index in [1.165, 1.54) is 17.9 Å². The molecule has 39 heavy (non-hydrogen) atoms. The van der Waals surface area contributed by atoms with Gasteiger partial charge in [0.15, 0.2) is 15.5 Å². The maximum absolute atomic E-state index is 13.8. The molecule has 204 valence electrons. The monoisotopic (exact) mass is 562 g/mol. The van der Waals surface area contributed by atoms with Crippen molar-refractivity contribution in [2.75, 3.05) is 23.9 Å². The van der Waals surface area contributed by atoms with Crippen LogP contribution >= 0.6 is 0 Å². The number of methoxy groups -OCH3 is 1. The van der Waals surface area contributed by atoms with Crippen molar-refractivity contribution < 1.29 is 35.5 Å². The molecular formula is C26H22F4N4O4S. The zero-order chi connectivity index (χ0) is 28.1. The highest BCUT2D eigenvalue weighted by Gasteiger charge is 2.35. The first-order valence-electron chi connectivity index (χ1n) is 11.8. The highest BCUT2D eigenvalue weighted by Crippen LogP contribution is 2.35. The normalized spacial score (nSPS) is 16.9. The molecule has 2 aromatic heterocycles. The SMILES string of the molecule is COc1ccc(-c2cc(C(=O)Nc3ccc(F)c(C(F)(F)F)c3)c3c(C)nn(C4CCS(=O)(=O)C4)c3n2)cc1. The van der Waals surface area contributed by atoms with Gasteiger partial charge in [-0.15, -0.1) is 0 Å². The molecule has 5 rings (SSSR count). The Morgan fingerprint density at radius 3 is 2.46 bits per heavy atom. The molecule has 1 amide bonds. The van der Waals surface area contributed by atoms with Crippen LogP contribution in [-0.2, 0) is 16.0 Å². The van der Waals surface area contributed by atoms with Crippen LogP contribution in [0, 0.1) is 12.7 Å². The lowest BCUT2D eigenvalue weighted by molar-refractivity contribution is -0.139. The van der Waals surface area contributed by atoms with Gasteiger partial charge in [-0.1, -0.05) is 0 Å². The summed E-state index contributed by atoms with van der Waals surface area (Å²) < 4.78 is 84.5. The first kappa shape index (κ1) is 26.6. The van der Waals surface area contributed by atoms with Crippen molar-refractivity contribution in [3.8, 4) is 17.0 Å². The summed E-state index contributed by atoms with van der Waals surface area (Å²) in [7, 11) is -1.75. The molecular weight excluding hydrogens is 540 g/mol. The first-order chi connectivity index (χ1) is 18.4. The van der Waals surface area contributed by atoms with Gasteiger partial charge in [-0.2, -0.15) is 18.3 Å². The van der Waals surface area contributed by atoms with Gasteiger partial charge in [0.1, 0.15) is 11.6 Å². The number of aryl methyl sites for hydroxylation is 1. The van der Waals surface area contributed by atoms with E-state index in [1.807, 2.05) is 0 Å². The molecule has 8 nitrogen and oxygen atoms in total. The highest BCUT2D eigenvalue weighted by molar-refractivity contribution is 7.91. The molecule has 0 aliphatic carbocycles. The second kappa shape index (κ2) is 9.63. The van der Waals surface area contributed by atoms with E-state index in [0.717, 1.165) is 6.07 Å². The van der Waals surface area contributed by atoms with Crippen LogP contribution in [0.25, 0.3) is 22.3 Å². The summed E-state index contributed by atoms with van der Waals surface area (Å²) in [5.41, 5.74) is -0.0772. The zero-order valence-corrected chi connectivity index (χ0v) is 21.5. The molecule has 13 heteroatoms. The topological polar surface area (TPSA) is 103 Å². The van der Waals surface area contributed by atoms with Gasteiger partial charge >= 0.3 is 6.18 Å². The summed E-state index contributed by atoms with van der Waals surface area (Å²) >= 11 is 0. The third kappa shape index (κ3) is 5.18. The number of alkyl halides is 3. The second-order valence-corrected chi connectivity index (χ2v) is 11.4. The molecule has 1 aliphatic rings. The molecule has 0 radical (unpaired) electrons. The fraction of sp³-hybridized carbons (Fsp3) is 0.269. The van der Waals surface area contributed by atoms with Crippen LogP contribution in [0.3, 0.4) is 0 Å². The predicted molar refractivity (Wildman–Crippen MR) is 136 cm³/mol. The van der Waals surface area contributed by atoms with Crippen LogP contribution in [0.5, 0.6) is 5.75 Å². The summed E-state index contributed by atoms with van der Waals surface area (Å²) in [5, 5.41) is 7.24. The van der Waals surface area contributed by atoms with E-state index in [0.29, 0.717) is 46.6 Å². The van der Waals surface area contributed by atoms with E-state index >= 15 is 0 Å². The van der Waals surface area contributed by atoms with E-state index in [9.17, 15) is 30.8 Å². The van der Waals surface area contributed by atoms with Gasteiger partial charge in [-0.05, 0) is 61.9 Å². The maximum Gasteiger partial charge on any atom is 0.419 e. The minimum atomic E-state index is -4.95. The highest BCUT2D eigenvalue weighted by atomic mass is 32.2. The van der Waals surface area contributed by atoms with Gasteiger partial charge in [0.2, 0.25) is 0 Å². The van der Waals surface area contributed by atoms with Gasteiger partial charge in [-0.25, -0.2) is 22.5 Å². The van der Waals surface area contributed by atoms with E-state index in [4.69, 9.17) is 9.72 Å². The van der Waals surface area contributed by atoms with Crippen LogP contribution in [-0.4, -0.2) is 47.7 Å². The molecule has 0 spiro atoms. The number of fused-ring (bicyclic) bond motifs is 1. The number of carbonyl (C=O) groups is 1. The number of anilines is 1. The number of carbonyl (C=O) groups excluding carboxylic acids is 1. The average Bonchev–Trinajstić information content (AvgIpc) is 3.42. The van der Waals surface area contributed by atoms with Gasteiger partial charge in [-0.3, -0.25) is 4.79 Å². The van der Waals surface area contributed by atoms with Crippen molar-refractivity contribution in [1.82, 2.24) is 14.8 Å². The summed E-state index contributed by atoms with van der Waals surface area (Å²) in [5.74, 6) is -1.77. The Labute approximate surface area is 220 Å². The Bertz CT molecular complexity index is 1700. The number of pyridine rings is 1. The number of hydrogen-bond acceptors (Lipinski definition) is 6. The van der Waals surface area contributed by atoms with Gasteiger partial charge in [0.25, 0.3) is 5.91 Å². The average molecular weight is 563 g/mol. The Hall–Kier alpha value is -4.00. The quantitative estimate of drug-likeness (QED) is 0.336. The minimum Gasteiger partial charge on any atom is -0.497 e. The van der Waals surface area contributed by atoms with Crippen molar-refractivity contribution in [1.29, 1.82) is 0 Å². The van der Waals surface area contributed by atoms with Crippen molar-refractivity contribution in [2.24, 2.45) is 0 Å². The molecule has 1 aliphatic heterocycles. The van der Waals surface area contributed by atoms with Crippen LogP contribution in [0.4, 0.5) is 23.2 Å². The number of halogens is 4. The molecule has 1 saturated heterocycles. The Kier molecular flexibility index (Phi) is 6.57.